The number of carbonyl (C=O) groups is 2. The summed E-state index contributed by atoms with van der Waals surface area (Å²) in [6, 6.07) is 0.543. The van der Waals surface area contributed by atoms with Gasteiger partial charge in [0.2, 0.25) is 11.8 Å². The molecule has 0 aromatic rings. The molecule has 2 fully saturated rings. The van der Waals surface area contributed by atoms with Crippen molar-refractivity contribution in [3.8, 4) is 0 Å². The molecule has 2 saturated heterocycles. The van der Waals surface area contributed by atoms with E-state index in [1.165, 1.54) is 16.2 Å². The lowest BCUT2D eigenvalue weighted by molar-refractivity contribution is -0.141. The van der Waals surface area contributed by atoms with Crippen molar-refractivity contribution in [1.29, 1.82) is 0 Å². The third-order valence-electron chi connectivity index (χ3n) is 3.56. The number of rotatable bonds is 1. The SMILES string of the molecule is CC1=C2NC2CC(N2C(=O)CCC2=O)C1. The lowest BCUT2D eigenvalue weighted by atomic mass is 9.95. The molecule has 1 aliphatic carbocycles. The molecule has 2 aliphatic heterocycles. The molecule has 2 amide bonds. The Morgan fingerprint density at radius 3 is 2.53 bits per heavy atom. The highest BCUT2D eigenvalue weighted by Gasteiger charge is 2.43. The maximum absolute atomic E-state index is 11.6. The fourth-order valence-electron chi connectivity index (χ4n) is 2.76. The van der Waals surface area contributed by atoms with Gasteiger partial charge in [0.15, 0.2) is 0 Å². The highest BCUT2D eigenvalue weighted by Crippen LogP contribution is 2.36. The zero-order chi connectivity index (χ0) is 10.6. The predicted molar refractivity (Wildman–Crippen MR) is 53.7 cm³/mol. The van der Waals surface area contributed by atoms with E-state index in [2.05, 4.69) is 12.2 Å². The van der Waals surface area contributed by atoms with Crippen molar-refractivity contribution < 1.29 is 9.59 Å². The van der Waals surface area contributed by atoms with Crippen molar-refractivity contribution in [3.05, 3.63) is 11.3 Å². The summed E-state index contributed by atoms with van der Waals surface area (Å²) >= 11 is 0. The third-order valence-corrected chi connectivity index (χ3v) is 3.56. The van der Waals surface area contributed by atoms with Gasteiger partial charge in [0.25, 0.3) is 0 Å². The van der Waals surface area contributed by atoms with Gasteiger partial charge in [0.05, 0.1) is 6.04 Å². The summed E-state index contributed by atoms with van der Waals surface area (Å²) in [7, 11) is 0. The van der Waals surface area contributed by atoms with Crippen LogP contribution in [0.4, 0.5) is 0 Å². The summed E-state index contributed by atoms with van der Waals surface area (Å²) in [5, 5.41) is 3.29. The smallest absolute Gasteiger partial charge is 0.229 e. The number of imide groups is 1. The van der Waals surface area contributed by atoms with Crippen molar-refractivity contribution in [3.63, 3.8) is 0 Å². The van der Waals surface area contributed by atoms with E-state index in [-0.39, 0.29) is 17.9 Å². The van der Waals surface area contributed by atoms with Crippen LogP contribution in [0, 0.1) is 0 Å². The Bertz CT molecular complexity index is 370. The maximum atomic E-state index is 11.6. The number of likely N-dealkylation sites (tertiary alicyclic amines) is 1. The highest BCUT2D eigenvalue weighted by atomic mass is 16.2. The molecule has 80 valence electrons. The van der Waals surface area contributed by atoms with E-state index in [1.54, 1.807) is 0 Å². The van der Waals surface area contributed by atoms with Gasteiger partial charge in [-0.3, -0.25) is 14.5 Å². The van der Waals surface area contributed by atoms with E-state index in [9.17, 15) is 9.59 Å². The average Bonchev–Trinajstić information content (AvgIpc) is 2.88. The van der Waals surface area contributed by atoms with Crippen LogP contribution in [0.3, 0.4) is 0 Å². The number of fused-ring (bicyclic) bond motifs is 1. The van der Waals surface area contributed by atoms with Gasteiger partial charge in [0, 0.05) is 24.6 Å². The number of nitrogens with one attached hydrogen (secondary N) is 1. The summed E-state index contributed by atoms with van der Waals surface area (Å²) in [5.41, 5.74) is 2.65. The second-order valence-corrected chi connectivity index (χ2v) is 4.64. The molecule has 4 heteroatoms. The van der Waals surface area contributed by atoms with Crippen molar-refractivity contribution >= 4 is 11.8 Å². The van der Waals surface area contributed by atoms with Crippen molar-refractivity contribution in [2.75, 3.05) is 0 Å². The molecule has 0 spiro atoms. The fourth-order valence-corrected chi connectivity index (χ4v) is 2.76. The molecule has 3 rings (SSSR count). The molecule has 2 unspecified atom stereocenters. The lowest BCUT2D eigenvalue weighted by Gasteiger charge is -2.27. The summed E-state index contributed by atoms with van der Waals surface area (Å²) in [4.78, 5) is 24.7. The lowest BCUT2D eigenvalue weighted by Crippen LogP contribution is -2.41. The van der Waals surface area contributed by atoms with Gasteiger partial charge in [0.1, 0.15) is 0 Å². The Morgan fingerprint density at radius 1 is 1.27 bits per heavy atom. The molecule has 0 bridgehead atoms. The minimum atomic E-state index is 0.0156. The molecule has 0 radical (unpaired) electrons. The molecule has 0 saturated carbocycles. The molecule has 0 aromatic heterocycles. The monoisotopic (exact) mass is 206 g/mol. The van der Waals surface area contributed by atoms with E-state index in [0.29, 0.717) is 18.9 Å². The number of hydrogen-bond donors (Lipinski definition) is 1. The average molecular weight is 206 g/mol. The molecular weight excluding hydrogens is 192 g/mol. The van der Waals surface area contributed by atoms with E-state index < -0.39 is 0 Å². The number of nitrogens with zero attached hydrogens (tertiary/aromatic N) is 1. The first kappa shape index (κ1) is 8.95. The van der Waals surface area contributed by atoms with Gasteiger partial charge >= 0.3 is 0 Å². The Morgan fingerprint density at radius 2 is 1.93 bits per heavy atom. The quantitative estimate of drug-likeness (QED) is 0.503. The third kappa shape index (κ3) is 1.28. The van der Waals surface area contributed by atoms with E-state index >= 15 is 0 Å². The predicted octanol–water partition coefficient (Wildman–Crippen LogP) is 0.544. The van der Waals surface area contributed by atoms with Crippen LogP contribution in [0.1, 0.15) is 32.6 Å². The summed E-state index contributed by atoms with van der Waals surface area (Å²) < 4.78 is 0. The van der Waals surface area contributed by atoms with E-state index in [1.807, 2.05) is 0 Å². The van der Waals surface area contributed by atoms with Gasteiger partial charge in [-0.2, -0.15) is 0 Å². The van der Waals surface area contributed by atoms with Crippen LogP contribution in [-0.2, 0) is 9.59 Å². The Hall–Kier alpha value is -1.32. The minimum Gasteiger partial charge on any atom is -0.378 e. The van der Waals surface area contributed by atoms with Crippen LogP contribution in [0.15, 0.2) is 11.3 Å². The topological polar surface area (TPSA) is 59.3 Å². The molecule has 4 nitrogen and oxygen atoms in total. The zero-order valence-electron chi connectivity index (χ0n) is 8.75. The first-order valence-corrected chi connectivity index (χ1v) is 5.48. The number of carbonyl (C=O) groups excluding carboxylic acids is 2. The Kier molecular flexibility index (Phi) is 1.69. The normalized spacial score (nSPS) is 34.3. The molecular formula is C11H14N2O2. The number of hydrogen-bond acceptors (Lipinski definition) is 3. The fraction of sp³-hybridized carbons (Fsp3) is 0.636. The summed E-state index contributed by atoms with van der Waals surface area (Å²) in [6.45, 7) is 2.08. The van der Waals surface area contributed by atoms with Crippen LogP contribution >= 0.6 is 0 Å². The molecule has 2 atom stereocenters. The van der Waals surface area contributed by atoms with Gasteiger partial charge in [-0.25, -0.2) is 0 Å². The van der Waals surface area contributed by atoms with Gasteiger partial charge in [-0.05, 0) is 19.8 Å². The maximum Gasteiger partial charge on any atom is 0.229 e. The van der Waals surface area contributed by atoms with Gasteiger partial charge < -0.3 is 5.32 Å². The molecule has 2 heterocycles. The van der Waals surface area contributed by atoms with Gasteiger partial charge in [-0.1, -0.05) is 5.57 Å². The van der Waals surface area contributed by atoms with Crippen LogP contribution in [0.25, 0.3) is 0 Å². The van der Waals surface area contributed by atoms with Crippen LogP contribution in [-0.4, -0.2) is 28.8 Å². The van der Waals surface area contributed by atoms with Crippen molar-refractivity contribution in [2.45, 2.75) is 44.7 Å². The minimum absolute atomic E-state index is 0.0156. The second-order valence-electron chi connectivity index (χ2n) is 4.64. The van der Waals surface area contributed by atoms with Crippen LogP contribution < -0.4 is 5.32 Å². The largest absolute Gasteiger partial charge is 0.378 e. The number of amides is 2. The van der Waals surface area contributed by atoms with Gasteiger partial charge in [-0.15, -0.1) is 0 Å². The first-order chi connectivity index (χ1) is 7.16. The molecule has 1 N–H and O–H groups in total. The zero-order valence-corrected chi connectivity index (χ0v) is 8.75. The van der Waals surface area contributed by atoms with Crippen molar-refractivity contribution in [1.82, 2.24) is 10.2 Å². The summed E-state index contributed by atoms with van der Waals surface area (Å²) in [5.74, 6) is 0.0313. The molecule has 15 heavy (non-hydrogen) atoms. The Balaban J connectivity index is 1.81. The molecule has 3 aliphatic rings. The molecule has 0 aromatic carbocycles. The second kappa shape index (κ2) is 2.84. The summed E-state index contributed by atoms with van der Waals surface area (Å²) in [6.07, 6.45) is 2.58. The van der Waals surface area contributed by atoms with E-state index in [0.717, 1.165) is 12.8 Å². The Labute approximate surface area is 88.3 Å². The standard InChI is InChI=1S/C11H14N2O2/c1-6-4-7(5-8-11(6)12-8)13-9(14)2-3-10(13)15/h7-8,12H,2-5H2,1H3. The van der Waals surface area contributed by atoms with Crippen LogP contribution in [0.2, 0.25) is 0 Å². The highest BCUT2D eigenvalue weighted by molar-refractivity contribution is 6.02. The van der Waals surface area contributed by atoms with Crippen LogP contribution in [0.5, 0.6) is 0 Å². The van der Waals surface area contributed by atoms with Crippen molar-refractivity contribution in [2.24, 2.45) is 0 Å². The van der Waals surface area contributed by atoms with E-state index in [4.69, 9.17) is 0 Å². The first-order valence-electron chi connectivity index (χ1n) is 5.48.